The molecule has 0 aliphatic carbocycles. The van der Waals surface area contributed by atoms with Crippen molar-refractivity contribution in [1.82, 2.24) is 15.5 Å². The summed E-state index contributed by atoms with van der Waals surface area (Å²) in [6, 6.07) is 1.60. The Hall–Kier alpha value is -2.45. The van der Waals surface area contributed by atoms with Gasteiger partial charge in [-0.15, -0.1) is 0 Å². The summed E-state index contributed by atoms with van der Waals surface area (Å²) in [5.74, 6) is -1.94. The Balaban J connectivity index is 2.16. The van der Waals surface area contributed by atoms with E-state index in [9.17, 15) is 22.4 Å². The lowest BCUT2D eigenvalue weighted by molar-refractivity contribution is -0.137. The molecule has 0 unspecified atom stereocenters. The standard InChI is InChI=1S/C11H7F4N3O2/c12-8-2-1-6(11(13,14)15)3-7(8)10(19)16-4-9-17-5-20-18-9/h1-3,5H,4H2,(H,16,19). The summed E-state index contributed by atoms with van der Waals surface area (Å²) >= 11 is 0. The summed E-state index contributed by atoms with van der Waals surface area (Å²) in [6.07, 6.45) is -3.64. The van der Waals surface area contributed by atoms with Gasteiger partial charge in [0.25, 0.3) is 5.91 Å². The van der Waals surface area contributed by atoms with E-state index < -0.39 is 29.0 Å². The second-order valence-corrected chi connectivity index (χ2v) is 3.72. The van der Waals surface area contributed by atoms with Gasteiger partial charge in [0.1, 0.15) is 5.82 Å². The van der Waals surface area contributed by atoms with Crippen molar-refractivity contribution in [2.45, 2.75) is 12.7 Å². The van der Waals surface area contributed by atoms with Gasteiger partial charge in [-0.1, -0.05) is 5.16 Å². The highest BCUT2D eigenvalue weighted by Gasteiger charge is 2.31. The van der Waals surface area contributed by atoms with Crippen LogP contribution in [0.4, 0.5) is 17.6 Å². The van der Waals surface area contributed by atoms with Gasteiger partial charge in [0.05, 0.1) is 17.7 Å². The van der Waals surface area contributed by atoms with Gasteiger partial charge in [-0.3, -0.25) is 4.79 Å². The topological polar surface area (TPSA) is 68.0 Å². The number of carbonyl (C=O) groups is 1. The van der Waals surface area contributed by atoms with E-state index in [0.29, 0.717) is 18.2 Å². The van der Waals surface area contributed by atoms with Gasteiger partial charge in [-0.05, 0) is 18.2 Å². The number of halogens is 4. The van der Waals surface area contributed by atoms with Crippen LogP contribution in [0.3, 0.4) is 0 Å². The van der Waals surface area contributed by atoms with Crippen LogP contribution < -0.4 is 5.32 Å². The van der Waals surface area contributed by atoms with Crippen LogP contribution >= 0.6 is 0 Å². The van der Waals surface area contributed by atoms with E-state index in [-0.39, 0.29) is 12.4 Å². The third kappa shape index (κ3) is 3.11. The van der Waals surface area contributed by atoms with Gasteiger partial charge >= 0.3 is 6.18 Å². The summed E-state index contributed by atoms with van der Waals surface area (Å²) in [6.45, 7) is -0.189. The fourth-order valence-corrected chi connectivity index (χ4v) is 1.40. The molecule has 1 amide bonds. The van der Waals surface area contributed by atoms with Gasteiger partial charge in [-0.25, -0.2) is 4.39 Å². The van der Waals surface area contributed by atoms with Gasteiger partial charge in [0, 0.05) is 0 Å². The number of nitrogens with zero attached hydrogens (tertiary/aromatic N) is 2. The van der Waals surface area contributed by atoms with Crippen LogP contribution in [0.1, 0.15) is 21.7 Å². The number of hydrogen-bond acceptors (Lipinski definition) is 4. The quantitative estimate of drug-likeness (QED) is 0.879. The zero-order valence-electron chi connectivity index (χ0n) is 9.74. The predicted molar refractivity (Wildman–Crippen MR) is 56.9 cm³/mol. The van der Waals surface area contributed by atoms with Gasteiger partial charge in [0.15, 0.2) is 5.82 Å². The number of aromatic nitrogens is 2. The first-order chi connectivity index (χ1) is 9.38. The maximum Gasteiger partial charge on any atom is 0.416 e. The van der Waals surface area contributed by atoms with Gasteiger partial charge in [0.2, 0.25) is 6.39 Å². The number of nitrogens with one attached hydrogen (secondary N) is 1. The Morgan fingerprint density at radius 1 is 1.35 bits per heavy atom. The molecule has 0 saturated heterocycles. The molecule has 20 heavy (non-hydrogen) atoms. The van der Waals surface area contributed by atoms with E-state index in [1.54, 1.807) is 0 Å². The Labute approximate surface area is 109 Å². The first-order valence-electron chi connectivity index (χ1n) is 5.28. The minimum absolute atomic E-state index is 0.116. The fraction of sp³-hybridized carbons (Fsp3) is 0.182. The molecular formula is C11H7F4N3O2. The van der Waals surface area contributed by atoms with E-state index in [2.05, 4.69) is 20.0 Å². The molecule has 1 aromatic carbocycles. The highest BCUT2D eigenvalue weighted by Crippen LogP contribution is 2.30. The number of benzene rings is 1. The van der Waals surface area contributed by atoms with Crippen LogP contribution in [0, 0.1) is 5.82 Å². The molecular weight excluding hydrogens is 282 g/mol. The molecule has 106 valence electrons. The molecule has 0 radical (unpaired) electrons. The molecule has 0 spiro atoms. The number of alkyl halides is 3. The van der Waals surface area contributed by atoms with Gasteiger partial charge < -0.3 is 9.84 Å². The minimum atomic E-state index is -4.66. The van der Waals surface area contributed by atoms with Crippen LogP contribution in [0.15, 0.2) is 29.1 Å². The van der Waals surface area contributed by atoms with Crippen molar-refractivity contribution in [3.8, 4) is 0 Å². The SMILES string of the molecule is O=C(NCc1ncon1)c1cc(C(F)(F)F)ccc1F. The first kappa shape index (κ1) is 14.0. The second kappa shape index (κ2) is 5.27. The van der Waals surface area contributed by atoms with Crippen LogP contribution in [0.25, 0.3) is 0 Å². The smallest absolute Gasteiger partial charge is 0.345 e. The summed E-state index contributed by atoms with van der Waals surface area (Å²) in [4.78, 5) is 15.2. The zero-order valence-corrected chi connectivity index (χ0v) is 9.74. The van der Waals surface area contributed by atoms with Crippen molar-refractivity contribution in [3.63, 3.8) is 0 Å². The van der Waals surface area contributed by atoms with Crippen LogP contribution in [-0.2, 0) is 12.7 Å². The number of rotatable bonds is 3. The Morgan fingerprint density at radius 2 is 2.10 bits per heavy atom. The largest absolute Gasteiger partial charge is 0.416 e. The third-order valence-corrected chi connectivity index (χ3v) is 2.35. The lowest BCUT2D eigenvalue weighted by Crippen LogP contribution is -2.25. The summed E-state index contributed by atoms with van der Waals surface area (Å²) < 4.78 is 55.3. The van der Waals surface area contributed by atoms with E-state index in [0.717, 1.165) is 6.39 Å². The molecule has 1 aromatic heterocycles. The van der Waals surface area contributed by atoms with E-state index in [4.69, 9.17) is 0 Å². The van der Waals surface area contributed by atoms with Gasteiger partial charge in [-0.2, -0.15) is 18.2 Å². The Bertz CT molecular complexity index is 611. The second-order valence-electron chi connectivity index (χ2n) is 3.72. The zero-order chi connectivity index (χ0) is 14.8. The van der Waals surface area contributed by atoms with Crippen molar-refractivity contribution in [2.75, 3.05) is 0 Å². The average molecular weight is 289 g/mol. The molecule has 2 aromatic rings. The maximum atomic E-state index is 13.4. The Morgan fingerprint density at radius 3 is 2.70 bits per heavy atom. The first-order valence-corrected chi connectivity index (χ1v) is 5.28. The Kier molecular flexibility index (Phi) is 3.68. The monoisotopic (exact) mass is 289 g/mol. The van der Waals surface area contributed by atoms with Crippen molar-refractivity contribution >= 4 is 5.91 Å². The summed E-state index contributed by atoms with van der Waals surface area (Å²) in [7, 11) is 0. The fourth-order valence-electron chi connectivity index (χ4n) is 1.40. The molecule has 1 N–H and O–H groups in total. The molecule has 0 aliphatic rings. The molecule has 0 atom stereocenters. The molecule has 9 heteroatoms. The van der Waals surface area contributed by atoms with Crippen LogP contribution in [0.2, 0.25) is 0 Å². The van der Waals surface area contributed by atoms with E-state index in [1.165, 1.54) is 0 Å². The van der Waals surface area contributed by atoms with Crippen LogP contribution in [-0.4, -0.2) is 16.0 Å². The summed E-state index contributed by atoms with van der Waals surface area (Å²) in [5, 5.41) is 5.58. The number of hydrogen-bond donors (Lipinski definition) is 1. The third-order valence-electron chi connectivity index (χ3n) is 2.35. The predicted octanol–water partition coefficient (Wildman–Crippen LogP) is 2.16. The molecule has 0 bridgehead atoms. The number of carbonyl (C=O) groups excluding carboxylic acids is 1. The molecule has 0 aliphatic heterocycles. The van der Waals surface area contributed by atoms with E-state index >= 15 is 0 Å². The molecule has 2 rings (SSSR count). The normalized spacial score (nSPS) is 11.4. The highest BCUT2D eigenvalue weighted by atomic mass is 19.4. The molecule has 1 heterocycles. The molecule has 5 nitrogen and oxygen atoms in total. The van der Waals surface area contributed by atoms with Crippen molar-refractivity contribution in [1.29, 1.82) is 0 Å². The summed E-state index contributed by atoms with van der Waals surface area (Å²) in [5.41, 5.74) is -1.81. The van der Waals surface area contributed by atoms with E-state index in [1.807, 2.05) is 0 Å². The average Bonchev–Trinajstić information content (AvgIpc) is 2.88. The lowest BCUT2D eigenvalue weighted by Gasteiger charge is -2.09. The maximum absolute atomic E-state index is 13.4. The van der Waals surface area contributed by atoms with Crippen molar-refractivity contribution < 1.29 is 26.9 Å². The minimum Gasteiger partial charge on any atom is -0.345 e. The van der Waals surface area contributed by atoms with Crippen molar-refractivity contribution in [2.24, 2.45) is 0 Å². The van der Waals surface area contributed by atoms with Crippen molar-refractivity contribution in [3.05, 3.63) is 47.4 Å². The highest BCUT2D eigenvalue weighted by molar-refractivity contribution is 5.94. The molecule has 0 saturated carbocycles. The lowest BCUT2D eigenvalue weighted by atomic mass is 10.1. The number of amides is 1. The molecule has 0 fully saturated rings. The van der Waals surface area contributed by atoms with Crippen LogP contribution in [0.5, 0.6) is 0 Å².